The quantitative estimate of drug-likeness (QED) is 0.352. The van der Waals surface area contributed by atoms with Crippen LogP contribution in [0.4, 0.5) is 0 Å². The maximum Gasteiger partial charge on any atom is 0.337 e. The summed E-state index contributed by atoms with van der Waals surface area (Å²) in [6, 6.07) is 17.0. The molecular formula is C22H29N3O3. The molecule has 0 radical (unpaired) electrons. The molecule has 2 rings (SSSR count). The number of carbonyl (C=O) groups is 1. The first-order chi connectivity index (χ1) is 13.6. The number of guanidine groups is 1. The van der Waals surface area contributed by atoms with Crippen LogP contribution in [-0.4, -0.2) is 43.8 Å². The predicted molar refractivity (Wildman–Crippen MR) is 111 cm³/mol. The average Bonchev–Trinajstić information content (AvgIpc) is 2.74. The van der Waals surface area contributed by atoms with Crippen molar-refractivity contribution in [2.24, 2.45) is 4.99 Å². The molecule has 28 heavy (non-hydrogen) atoms. The first-order valence-electron chi connectivity index (χ1n) is 9.56. The SMILES string of the molecule is CCNC(=NCCC(O)c1ccccc1)NCCc1ccc(C(=O)OC)cc1. The molecule has 0 bridgehead atoms. The second kappa shape index (κ2) is 11.8. The molecule has 1 atom stereocenters. The number of nitrogens with one attached hydrogen (secondary N) is 2. The van der Waals surface area contributed by atoms with Crippen molar-refractivity contribution in [1.82, 2.24) is 10.6 Å². The summed E-state index contributed by atoms with van der Waals surface area (Å²) in [6.45, 7) is 4.02. The van der Waals surface area contributed by atoms with Gasteiger partial charge in [-0.3, -0.25) is 4.99 Å². The number of nitrogens with zero attached hydrogens (tertiary/aromatic N) is 1. The summed E-state index contributed by atoms with van der Waals surface area (Å²) >= 11 is 0. The van der Waals surface area contributed by atoms with Crippen LogP contribution in [0.3, 0.4) is 0 Å². The zero-order chi connectivity index (χ0) is 20.2. The van der Waals surface area contributed by atoms with Crippen molar-refractivity contribution in [1.29, 1.82) is 0 Å². The number of hydrogen-bond donors (Lipinski definition) is 3. The van der Waals surface area contributed by atoms with Crippen LogP contribution >= 0.6 is 0 Å². The second-order valence-corrected chi connectivity index (χ2v) is 6.34. The highest BCUT2D eigenvalue weighted by atomic mass is 16.5. The minimum Gasteiger partial charge on any atom is -0.465 e. The monoisotopic (exact) mass is 383 g/mol. The van der Waals surface area contributed by atoms with Crippen LogP contribution in [0.15, 0.2) is 59.6 Å². The first-order valence-corrected chi connectivity index (χ1v) is 9.56. The summed E-state index contributed by atoms with van der Waals surface area (Å²) in [6.07, 6.45) is 0.856. The van der Waals surface area contributed by atoms with Crippen molar-refractivity contribution < 1.29 is 14.6 Å². The van der Waals surface area contributed by atoms with Gasteiger partial charge in [0, 0.05) is 19.6 Å². The Hall–Kier alpha value is -2.86. The maximum atomic E-state index is 11.5. The lowest BCUT2D eigenvalue weighted by Crippen LogP contribution is -2.38. The Balaban J connectivity index is 1.80. The third kappa shape index (κ3) is 7.04. The van der Waals surface area contributed by atoms with Crippen LogP contribution in [-0.2, 0) is 11.2 Å². The Morgan fingerprint density at radius 2 is 1.82 bits per heavy atom. The smallest absolute Gasteiger partial charge is 0.337 e. The van der Waals surface area contributed by atoms with E-state index in [1.807, 2.05) is 49.4 Å². The fourth-order valence-corrected chi connectivity index (χ4v) is 2.73. The molecule has 0 aromatic heterocycles. The summed E-state index contributed by atoms with van der Waals surface area (Å²) in [5.41, 5.74) is 2.58. The van der Waals surface area contributed by atoms with E-state index in [9.17, 15) is 9.90 Å². The minimum absolute atomic E-state index is 0.330. The number of rotatable bonds is 9. The van der Waals surface area contributed by atoms with E-state index in [4.69, 9.17) is 4.74 Å². The van der Waals surface area contributed by atoms with Gasteiger partial charge in [0.2, 0.25) is 0 Å². The molecular weight excluding hydrogens is 354 g/mol. The van der Waals surface area contributed by atoms with E-state index < -0.39 is 6.10 Å². The summed E-state index contributed by atoms with van der Waals surface area (Å²) in [7, 11) is 1.38. The lowest BCUT2D eigenvalue weighted by molar-refractivity contribution is 0.0600. The van der Waals surface area contributed by atoms with Gasteiger partial charge in [0.25, 0.3) is 0 Å². The van der Waals surface area contributed by atoms with Gasteiger partial charge in [0.1, 0.15) is 0 Å². The van der Waals surface area contributed by atoms with Crippen LogP contribution in [0.2, 0.25) is 0 Å². The maximum absolute atomic E-state index is 11.5. The lowest BCUT2D eigenvalue weighted by Gasteiger charge is -2.13. The highest BCUT2D eigenvalue weighted by molar-refractivity contribution is 5.89. The second-order valence-electron chi connectivity index (χ2n) is 6.34. The van der Waals surface area contributed by atoms with Gasteiger partial charge in [0.15, 0.2) is 5.96 Å². The van der Waals surface area contributed by atoms with E-state index in [-0.39, 0.29) is 5.97 Å². The fraction of sp³-hybridized carbons (Fsp3) is 0.364. The van der Waals surface area contributed by atoms with E-state index in [1.165, 1.54) is 7.11 Å². The number of methoxy groups -OCH3 is 1. The van der Waals surface area contributed by atoms with E-state index in [0.29, 0.717) is 25.1 Å². The summed E-state index contributed by atoms with van der Waals surface area (Å²) in [5, 5.41) is 16.7. The Morgan fingerprint density at radius 3 is 2.46 bits per heavy atom. The Kier molecular flexibility index (Phi) is 9.01. The molecule has 0 spiro atoms. The van der Waals surface area contributed by atoms with Crippen LogP contribution in [0.1, 0.15) is 40.9 Å². The van der Waals surface area contributed by atoms with Crippen LogP contribution in [0, 0.1) is 0 Å². The highest BCUT2D eigenvalue weighted by Crippen LogP contribution is 2.15. The number of esters is 1. The van der Waals surface area contributed by atoms with Gasteiger partial charge in [-0.2, -0.15) is 0 Å². The molecule has 3 N–H and O–H groups in total. The molecule has 0 amide bonds. The fourth-order valence-electron chi connectivity index (χ4n) is 2.73. The molecule has 1 unspecified atom stereocenters. The van der Waals surface area contributed by atoms with Crippen molar-refractivity contribution in [3.8, 4) is 0 Å². The van der Waals surface area contributed by atoms with Crippen LogP contribution in [0.5, 0.6) is 0 Å². The van der Waals surface area contributed by atoms with Gasteiger partial charge in [0.05, 0.1) is 18.8 Å². The molecule has 0 saturated heterocycles. The van der Waals surface area contributed by atoms with Crippen molar-refractivity contribution in [3.63, 3.8) is 0 Å². The van der Waals surface area contributed by atoms with Crippen molar-refractivity contribution in [3.05, 3.63) is 71.3 Å². The Bertz CT molecular complexity index is 745. The first kappa shape index (κ1) is 21.4. The number of aliphatic hydroxyl groups is 1. The topological polar surface area (TPSA) is 83.0 Å². The summed E-state index contributed by atoms with van der Waals surface area (Å²) in [4.78, 5) is 16.0. The Morgan fingerprint density at radius 1 is 1.11 bits per heavy atom. The summed E-state index contributed by atoms with van der Waals surface area (Å²) in [5.74, 6) is 0.401. The molecule has 0 heterocycles. The van der Waals surface area contributed by atoms with Gasteiger partial charge in [-0.05, 0) is 43.0 Å². The number of hydrogen-bond acceptors (Lipinski definition) is 4. The van der Waals surface area contributed by atoms with E-state index in [1.54, 1.807) is 12.1 Å². The van der Waals surface area contributed by atoms with E-state index in [2.05, 4.69) is 15.6 Å². The normalized spacial score (nSPS) is 12.3. The van der Waals surface area contributed by atoms with Crippen molar-refractivity contribution >= 4 is 11.9 Å². The molecule has 0 fully saturated rings. The Labute approximate surface area is 166 Å². The number of aliphatic hydroxyl groups excluding tert-OH is 1. The molecule has 6 heteroatoms. The van der Waals surface area contributed by atoms with E-state index in [0.717, 1.165) is 30.1 Å². The van der Waals surface area contributed by atoms with Gasteiger partial charge >= 0.3 is 5.97 Å². The zero-order valence-corrected chi connectivity index (χ0v) is 16.5. The van der Waals surface area contributed by atoms with E-state index >= 15 is 0 Å². The van der Waals surface area contributed by atoms with Crippen LogP contribution < -0.4 is 10.6 Å². The minimum atomic E-state index is -0.513. The molecule has 0 aliphatic rings. The van der Waals surface area contributed by atoms with Gasteiger partial charge < -0.3 is 20.5 Å². The van der Waals surface area contributed by atoms with Crippen molar-refractivity contribution in [2.45, 2.75) is 25.9 Å². The zero-order valence-electron chi connectivity index (χ0n) is 16.5. The molecule has 150 valence electrons. The molecule has 6 nitrogen and oxygen atoms in total. The third-order valence-electron chi connectivity index (χ3n) is 4.28. The standard InChI is InChI=1S/C22H29N3O3/c1-3-23-22(25-16-14-20(26)18-7-5-4-6-8-18)24-15-13-17-9-11-19(12-10-17)21(27)28-2/h4-12,20,26H,3,13-16H2,1-2H3,(H2,23,24,25). The molecule has 0 aliphatic heterocycles. The number of carbonyl (C=O) groups excluding carboxylic acids is 1. The molecule has 2 aromatic rings. The lowest BCUT2D eigenvalue weighted by atomic mass is 10.1. The molecule has 0 aliphatic carbocycles. The summed E-state index contributed by atoms with van der Waals surface area (Å²) < 4.78 is 4.71. The average molecular weight is 383 g/mol. The largest absolute Gasteiger partial charge is 0.465 e. The number of ether oxygens (including phenoxy) is 1. The van der Waals surface area contributed by atoms with Crippen molar-refractivity contribution in [2.75, 3.05) is 26.7 Å². The van der Waals surface area contributed by atoms with Gasteiger partial charge in [-0.15, -0.1) is 0 Å². The predicted octanol–water partition coefficient (Wildman–Crippen LogP) is 2.69. The number of aliphatic imine (C=N–C) groups is 1. The van der Waals surface area contributed by atoms with Crippen LogP contribution in [0.25, 0.3) is 0 Å². The molecule has 0 saturated carbocycles. The third-order valence-corrected chi connectivity index (χ3v) is 4.28. The van der Waals surface area contributed by atoms with Gasteiger partial charge in [-0.1, -0.05) is 42.5 Å². The number of benzene rings is 2. The highest BCUT2D eigenvalue weighted by Gasteiger charge is 2.07. The molecule has 2 aromatic carbocycles. The van der Waals surface area contributed by atoms with Gasteiger partial charge in [-0.25, -0.2) is 4.79 Å².